The van der Waals surface area contributed by atoms with Gasteiger partial charge in [0.2, 0.25) is 0 Å². The Kier molecular flexibility index (Phi) is 4.47. The monoisotopic (exact) mass is 334 g/mol. The highest BCUT2D eigenvalue weighted by molar-refractivity contribution is 7.80. The first-order chi connectivity index (χ1) is 10.5. The van der Waals surface area contributed by atoms with Crippen LogP contribution in [0, 0.1) is 0 Å². The van der Waals surface area contributed by atoms with Gasteiger partial charge < -0.3 is 9.80 Å². The van der Waals surface area contributed by atoms with Crippen molar-refractivity contribution in [1.29, 1.82) is 0 Å². The van der Waals surface area contributed by atoms with Gasteiger partial charge in [-0.15, -0.1) is 0 Å². The summed E-state index contributed by atoms with van der Waals surface area (Å²) in [6.07, 6.45) is 5.88. The summed E-state index contributed by atoms with van der Waals surface area (Å²) in [7, 11) is 0. The molecule has 0 atom stereocenters. The fraction of sp³-hybridized carbons (Fsp3) is 0.500. The fourth-order valence-corrected chi connectivity index (χ4v) is 3.95. The lowest BCUT2D eigenvalue weighted by atomic mass is 9.91. The van der Waals surface area contributed by atoms with Crippen LogP contribution in [-0.2, 0) is 6.54 Å². The van der Waals surface area contributed by atoms with Crippen LogP contribution in [0.25, 0.3) is 0 Å². The molecule has 118 valence electrons. The van der Waals surface area contributed by atoms with Crippen molar-refractivity contribution in [3.63, 3.8) is 0 Å². The van der Waals surface area contributed by atoms with Gasteiger partial charge in [-0.2, -0.15) is 0 Å². The molecular formula is C18H23ClN2S. The molecule has 0 amide bonds. The molecule has 1 saturated heterocycles. The van der Waals surface area contributed by atoms with Gasteiger partial charge in [0.25, 0.3) is 0 Å². The van der Waals surface area contributed by atoms with Crippen molar-refractivity contribution in [2.45, 2.75) is 45.2 Å². The van der Waals surface area contributed by atoms with Crippen LogP contribution in [0.4, 0.5) is 0 Å². The second kappa shape index (κ2) is 6.21. The van der Waals surface area contributed by atoms with Crippen molar-refractivity contribution in [2.75, 3.05) is 13.1 Å². The van der Waals surface area contributed by atoms with Crippen LogP contribution in [0.3, 0.4) is 0 Å². The lowest BCUT2D eigenvalue weighted by molar-refractivity contribution is 0.186. The highest BCUT2D eigenvalue weighted by atomic mass is 35.5. The van der Waals surface area contributed by atoms with Crippen LogP contribution in [-0.4, -0.2) is 33.4 Å². The number of thiocarbonyl (C=S) groups is 1. The van der Waals surface area contributed by atoms with Gasteiger partial charge in [0.15, 0.2) is 0 Å². The van der Waals surface area contributed by atoms with E-state index in [1.54, 1.807) is 0 Å². The van der Waals surface area contributed by atoms with E-state index in [0.717, 1.165) is 23.0 Å². The first kappa shape index (κ1) is 15.8. The topological polar surface area (TPSA) is 6.48 Å². The van der Waals surface area contributed by atoms with E-state index in [-0.39, 0.29) is 5.54 Å². The first-order valence-corrected chi connectivity index (χ1v) is 8.76. The molecule has 0 aliphatic carbocycles. The number of nitrogens with zero attached hydrogens (tertiary/aromatic N) is 2. The molecule has 4 heteroatoms. The average molecular weight is 335 g/mol. The normalized spacial score (nSPS) is 21.2. The molecule has 1 aromatic carbocycles. The Balaban J connectivity index is 1.79. The van der Waals surface area contributed by atoms with Gasteiger partial charge in [-0.1, -0.05) is 36.0 Å². The van der Waals surface area contributed by atoms with Crippen molar-refractivity contribution in [1.82, 2.24) is 9.80 Å². The fourth-order valence-electron chi connectivity index (χ4n) is 3.38. The highest BCUT2D eigenvalue weighted by Gasteiger charge is 2.35. The summed E-state index contributed by atoms with van der Waals surface area (Å²) < 4.78 is 0. The molecule has 0 unspecified atom stereocenters. The predicted molar refractivity (Wildman–Crippen MR) is 97.2 cm³/mol. The number of rotatable bonds is 3. The standard InChI is InChI=1S/C18H23ClN2S/c1-18(2)12-16(20-9-3-4-10-20)11-17(22)21(18)13-14-5-7-15(19)8-6-14/h5-8,11H,3-4,9-10,12-13H2,1-2H3. The van der Waals surface area contributed by atoms with E-state index in [0.29, 0.717) is 0 Å². The molecule has 1 aromatic rings. The largest absolute Gasteiger partial charge is 0.375 e. The summed E-state index contributed by atoms with van der Waals surface area (Å²) in [4.78, 5) is 5.80. The lowest BCUT2D eigenvalue weighted by Crippen LogP contribution is -2.50. The van der Waals surface area contributed by atoms with E-state index in [4.69, 9.17) is 23.8 Å². The average Bonchev–Trinajstić information content (AvgIpc) is 2.98. The molecule has 0 N–H and O–H groups in total. The summed E-state index contributed by atoms with van der Waals surface area (Å²) in [5.74, 6) is 0. The molecule has 2 aliphatic rings. The molecule has 0 aromatic heterocycles. The second-order valence-electron chi connectivity index (χ2n) is 6.87. The molecule has 0 saturated carbocycles. The lowest BCUT2D eigenvalue weighted by Gasteiger charge is -2.45. The third-order valence-electron chi connectivity index (χ3n) is 4.67. The SMILES string of the molecule is CC1(C)CC(N2CCCC2)=CC(=S)N1Cc1ccc(Cl)cc1. The predicted octanol–water partition coefficient (Wildman–Crippen LogP) is 4.63. The number of benzene rings is 1. The third kappa shape index (κ3) is 3.31. The maximum atomic E-state index is 5.98. The van der Waals surface area contributed by atoms with Crippen molar-refractivity contribution >= 4 is 28.8 Å². The zero-order chi connectivity index (χ0) is 15.7. The first-order valence-electron chi connectivity index (χ1n) is 7.97. The maximum Gasteiger partial charge on any atom is 0.104 e. The van der Waals surface area contributed by atoms with Crippen LogP contribution in [0.1, 0.15) is 38.7 Å². The Labute approximate surface area is 143 Å². The van der Waals surface area contributed by atoms with Crippen LogP contribution in [0.5, 0.6) is 0 Å². The van der Waals surface area contributed by atoms with E-state index >= 15 is 0 Å². The Bertz CT molecular complexity index is 586. The van der Waals surface area contributed by atoms with Gasteiger partial charge in [-0.3, -0.25) is 0 Å². The Morgan fingerprint density at radius 1 is 1.14 bits per heavy atom. The maximum absolute atomic E-state index is 5.98. The summed E-state index contributed by atoms with van der Waals surface area (Å²) in [6.45, 7) is 7.78. The Hall–Kier alpha value is -1.06. The molecule has 2 nitrogen and oxygen atoms in total. The van der Waals surface area contributed by atoms with Gasteiger partial charge in [0, 0.05) is 42.3 Å². The Morgan fingerprint density at radius 2 is 1.77 bits per heavy atom. The summed E-state index contributed by atoms with van der Waals surface area (Å²) in [5.41, 5.74) is 2.71. The molecule has 0 bridgehead atoms. The number of hydrogen-bond acceptors (Lipinski definition) is 2. The molecule has 0 spiro atoms. The van der Waals surface area contributed by atoms with Gasteiger partial charge in [0.1, 0.15) is 4.99 Å². The second-order valence-corrected chi connectivity index (χ2v) is 7.72. The zero-order valence-electron chi connectivity index (χ0n) is 13.3. The van der Waals surface area contributed by atoms with Crippen LogP contribution in [0.2, 0.25) is 5.02 Å². The highest BCUT2D eigenvalue weighted by Crippen LogP contribution is 2.33. The quantitative estimate of drug-likeness (QED) is 0.744. The van der Waals surface area contributed by atoms with E-state index in [1.165, 1.54) is 37.2 Å². The van der Waals surface area contributed by atoms with Crippen molar-refractivity contribution in [3.05, 3.63) is 46.6 Å². The number of hydrogen-bond donors (Lipinski definition) is 0. The van der Waals surface area contributed by atoms with Crippen LogP contribution in [0.15, 0.2) is 36.0 Å². The van der Waals surface area contributed by atoms with Crippen molar-refractivity contribution in [2.24, 2.45) is 0 Å². The van der Waals surface area contributed by atoms with E-state index in [9.17, 15) is 0 Å². The van der Waals surface area contributed by atoms with E-state index in [1.807, 2.05) is 12.1 Å². The smallest absolute Gasteiger partial charge is 0.104 e. The summed E-state index contributed by atoms with van der Waals surface area (Å²) >= 11 is 11.7. The number of likely N-dealkylation sites (tertiary alicyclic amines) is 1. The van der Waals surface area contributed by atoms with Gasteiger partial charge in [0.05, 0.1) is 0 Å². The molecule has 22 heavy (non-hydrogen) atoms. The van der Waals surface area contributed by atoms with Gasteiger partial charge >= 0.3 is 0 Å². The van der Waals surface area contributed by atoms with Gasteiger partial charge in [-0.05, 0) is 50.5 Å². The van der Waals surface area contributed by atoms with Gasteiger partial charge in [-0.25, -0.2) is 0 Å². The molecular weight excluding hydrogens is 312 g/mol. The zero-order valence-corrected chi connectivity index (χ0v) is 14.9. The minimum absolute atomic E-state index is 0.0450. The van der Waals surface area contributed by atoms with Crippen LogP contribution < -0.4 is 0 Å². The summed E-state index contributed by atoms with van der Waals surface area (Å²) in [6, 6.07) is 8.06. The summed E-state index contributed by atoms with van der Waals surface area (Å²) in [5, 5.41) is 0.778. The van der Waals surface area contributed by atoms with Crippen molar-refractivity contribution in [3.8, 4) is 0 Å². The molecule has 1 fully saturated rings. The molecule has 0 radical (unpaired) electrons. The van der Waals surface area contributed by atoms with Crippen LogP contribution >= 0.6 is 23.8 Å². The number of halogens is 1. The van der Waals surface area contributed by atoms with E-state index < -0.39 is 0 Å². The minimum atomic E-state index is 0.0450. The minimum Gasteiger partial charge on any atom is -0.375 e. The Morgan fingerprint density at radius 3 is 2.36 bits per heavy atom. The molecule has 3 rings (SSSR count). The van der Waals surface area contributed by atoms with E-state index in [2.05, 4.69) is 41.9 Å². The molecule has 2 aliphatic heterocycles. The van der Waals surface area contributed by atoms with Crippen molar-refractivity contribution < 1.29 is 0 Å². The molecule has 2 heterocycles. The third-order valence-corrected chi connectivity index (χ3v) is 5.26.